The third-order valence-electron chi connectivity index (χ3n) is 3.37. The van der Waals surface area contributed by atoms with Crippen LogP contribution >= 0.6 is 0 Å². The lowest BCUT2D eigenvalue weighted by molar-refractivity contribution is -0.148. The fourth-order valence-electron chi connectivity index (χ4n) is 2.45. The van der Waals surface area contributed by atoms with Gasteiger partial charge < -0.3 is 9.84 Å². The van der Waals surface area contributed by atoms with Gasteiger partial charge in [0, 0.05) is 19.7 Å². The van der Waals surface area contributed by atoms with Crippen molar-refractivity contribution in [3.63, 3.8) is 0 Å². The molecule has 1 aliphatic heterocycles. The van der Waals surface area contributed by atoms with Gasteiger partial charge in [-0.2, -0.15) is 0 Å². The van der Waals surface area contributed by atoms with Crippen LogP contribution in [0.5, 0.6) is 0 Å². The normalized spacial score (nSPS) is 26.1. The summed E-state index contributed by atoms with van der Waals surface area (Å²) in [5, 5.41) is 9.33. The molecule has 1 aliphatic rings. The van der Waals surface area contributed by atoms with Crippen molar-refractivity contribution in [1.29, 1.82) is 0 Å². The number of carboxylic acid groups (broad SMARTS) is 1. The summed E-state index contributed by atoms with van der Waals surface area (Å²) in [7, 11) is 0. The molecule has 0 aromatic rings. The summed E-state index contributed by atoms with van der Waals surface area (Å²) in [5.74, 6) is -0.631. The summed E-state index contributed by atoms with van der Waals surface area (Å²) < 4.78 is 5.29. The average Bonchev–Trinajstić information content (AvgIpc) is 2.64. The number of hydrogen-bond donors (Lipinski definition) is 1. The van der Waals surface area contributed by atoms with Gasteiger partial charge in [-0.05, 0) is 26.3 Å². The van der Waals surface area contributed by atoms with Gasteiger partial charge >= 0.3 is 5.97 Å². The lowest BCUT2D eigenvalue weighted by atomic mass is 9.83. The quantitative estimate of drug-likeness (QED) is 0.674. The molecular formula is C12H23NO3. The molecule has 94 valence electrons. The van der Waals surface area contributed by atoms with Gasteiger partial charge in [-0.3, -0.25) is 9.69 Å². The maximum absolute atomic E-state index is 11.3. The number of hydrogen-bond acceptors (Lipinski definition) is 3. The number of rotatable bonds is 7. The smallest absolute Gasteiger partial charge is 0.310 e. The minimum Gasteiger partial charge on any atom is -0.481 e. The van der Waals surface area contributed by atoms with Crippen LogP contribution in [0, 0.1) is 5.41 Å². The molecule has 0 aromatic heterocycles. The molecule has 0 amide bonds. The first-order valence-electron chi connectivity index (χ1n) is 6.18. The summed E-state index contributed by atoms with van der Waals surface area (Å²) >= 11 is 0. The number of nitrogens with zero attached hydrogens (tertiary/aromatic N) is 1. The summed E-state index contributed by atoms with van der Waals surface area (Å²) in [6.07, 6.45) is 2.50. The maximum Gasteiger partial charge on any atom is 0.310 e. The summed E-state index contributed by atoms with van der Waals surface area (Å²) in [4.78, 5) is 13.5. The van der Waals surface area contributed by atoms with E-state index in [1.54, 1.807) is 0 Å². The van der Waals surface area contributed by atoms with Gasteiger partial charge in [0.05, 0.1) is 12.0 Å². The van der Waals surface area contributed by atoms with E-state index in [2.05, 4.69) is 4.90 Å². The zero-order valence-corrected chi connectivity index (χ0v) is 10.4. The standard InChI is InChI=1S/C12H23NO3/c1-3-5-12(11(14)15)6-7-13(10-12)8-9-16-4-2/h3-10H2,1-2H3,(H,14,15). The highest BCUT2D eigenvalue weighted by Gasteiger charge is 2.43. The Labute approximate surface area is 97.6 Å². The van der Waals surface area contributed by atoms with Crippen molar-refractivity contribution in [2.24, 2.45) is 5.41 Å². The van der Waals surface area contributed by atoms with E-state index in [1.807, 2.05) is 13.8 Å². The Morgan fingerprint density at radius 3 is 2.81 bits per heavy atom. The molecule has 0 aliphatic carbocycles. The van der Waals surface area contributed by atoms with Crippen LogP contribution in [0.15, 0.2) is 0 Å². The van der Waals surface area contributed by atoms with Gasteiger partial charge in [0.2, 0.25) is 0 Å². The second kappa shape index (κ2) is 6.21. The van der Waals surface area contributed by atoms with Crippen molar-refractivity contribution in [2.45, 2.75) is 33.1 Å². The van der Waals surface area contributed by atoms with E-state index in [0.29, 0.717) is 13.2 Å². The molecule has 1 fully saturated rings. The Hall–Kier alpha value is -0.610. The molecule has 4 heteroatoms. The number of ether oxygens (including phenoxy) is 1. The largest absolute Gasteiger partial charge is 0.481 e. The Bertz CT molecular complexity index is 232. The lowest BCUT2D eigenvalue weighted by Crippen LogP contribution is -2.35. The van der Waals surface area contributed by atoms with Crippen molar-refractivity contribution >= 4 is 5.97 Å². The topological polar surface area (TPSA) is 49.8 Å². The third-order valence-corrected chi connectivity index (χ3v) is 3.37. The Morgan fingerprint density at radius 1 is 1.50 bits per heavy atom. The van der Waals surface area contributed by atoms with Gasteiger partial charge in [0.1, 0.15) is 0 Å². The van der Waals surface area contributed by atoms with Crippen LogP contribution in [-0.4, -0.2) is 48.8 Å². The first kappa shape index (κ1) is 13.5. The van der Waals surface area contributed by atoms with Gasteiger partial charge in [0.15, 0.2) is 0 Å². The van der Waals surface area contributed by atoms with Gasteiger partial charge in [-0.25, -0.2) is 0 Å². The van der Waals surface area contributed by atoms with E-state index in [-0.39, 0.29) is 0 Å². The van der Waals surface area contributed by atoms with E-state index < -0.39 is 11.4 Å². The number of likely N-dealkylation sites (tertiary alicyclic amines) is 1. The van der Waals surface area contributed by atoms with Crippen molar-refractivity contribution in [2.75, 3.05) is 32.8 Å². The molecule has 0 aromatic carbocycles. The Morgan fingerprint density at radius 2 is 2.25 bits per heavy atom. The van der Waals surface area contributed by atoms with Crippen LogP contribution in [-0.2, 0) is 9.53 Å². The predicted octanol–water partition coefficient (Wildman–Crippen LogP) is 1.60. The monoisotopic (exact) mass is 229 g/mol. The fraction of sp³-hybridized carbons (Fsp3) is 0.917. The molecule has 1 atom stereocenters. The number of aliphatic carboxylic acids is 1. The summed E-state index contributed by atoms with van der Waals surface area (Å²) in [6, 6.07) is 0. The summed E-state index contributed by atoms with van der Waals surface area (Å²) in [5.41, 5.74) is -0.499. The first-order chi connectivity index (χ1) is 7.64. The van der Waals surface area contributed by atoms with Crippen LogP contribution in [0.2, 0.25) is 0 Å². The molecule has 1 rings (SSSR count). The van der Waals surface area contributed by atoms with Crippen LogP contribution in [0.1, 0.15) is 33.1 Å². The molecule has 0 spiro atoms. The van der Waals surface area contributed by atoms with Crippen LogP contribution in [0.25, 0.3) is 0 Å². The Balaban J connectivity index is 2.43. The molecule has 4 nitrogen and oxygen atoms in total. The van der Waals surface area contributed by atoms with Gasteiger partial charge in [-0.15, -0.1) is 0 Å². The molecule has 0 radical (unpaired) electrons. The third kappa shape index (κ3) is 3.19. The molecule has 1 heterocycles. The van der Waals surface area contributed by atoms with Crippen molar-refractivity contribution < 1.29 is 14.6 Å². The maximum atomic E-state index is 11.3. The molecular weight excluding hydrogens is 206 g/mol. The molecule has 16 heavy (non-hydrogen) atoms. The zero-order chi connectivity index (χ0) is 12.0. The average molecular weight is 229 g/mol. The minimum absolute atomic E-state index is 0.499. The highest BCUT2D eigenvalue weighted by Crippen LogP contribution is 2.35. The molecule has 1 unspecified atom stereocenters. The number of carbonyl (C=O) groups is 1. The van der Waals surface area contributed by atoms with Crippen molar-refractivity contribution in [3.05, 3.63) is 0 Å². The van der Waals surface area contributed by atoms with Crippen LogP contribution < -0.4 is 0 Å². The second-order valence-electron chi connectivity index (χ2n) is 4.56. The van der Waals surface area contributed by atoms with Gasteiger partial charge in [0.25, 0.3) is 0 Å². The highest BCUT2D eigenvalue weighted by atomic mass is 16.5. The highest BCUT2D eigenvalue weighted by molar-refractivity contribution is 5.75. The Kier molecular flexibility index (Phi) is 5.22. The fourth-order valence-corrected chi connectivity index (χ4v) is 2.45. The van der Waals surface area contributed by atoms with Gasteiger partial charge in [-0.1, -0.05) is 13.3 Å². The van der Waals surface area contributed by atoms with Crippen molar-refractivity contribution in [1.82, 2.24) is 4.90 Å². The second-order valence-corrected chi connectivity index (χ2v) is 4.56. The van der Waals surface area contributed by atoms with E-state index in [9.17, 15) is 9.90 Å². The summed E-state index contributed by atoms with van der Waals surface area (Å²) in [6.45, 7) is 7.89. The van der Waals surface area contributed by atoms with Crippen LogP contribution in [0.4, 0.5) is 0 Å². The SMILES string of the molecule is CCCC1(C(=O)O)CCN(CCOCC)C1. The molecule has 0 saturated carbocycles. The van der Waals surface area contributed by atoms with E-state index in [4.69, 9.17) is 4.74 Å². The zero-order valence-electron chi connectivity index (χ0n) is 10.4. The van der Waals surface area contributed by atoms with E-state index in [0.717, 1.165) is 39.0 Å². The molecule has 1 N–H and O–H groups in total. The lowest BCUT2D eigenvalue weighted by Gasteiger charge is -2.24. The molecule has 1 saturated heterocycles. The van der Waals surface area contributed by atoms with Crippen LogP contribution in [0.3, 0.4) is 0 Å². The number of carboxylic acids is 1. The first-order valence-corrected chi connectivity index (χ1v) is 6.18. The van der Waals surface area contributed by atoms with E-state index >= 15 is 0 Å². The van der Waals surface area contributed by atoms with Crippen molar-refractivity contribution in [3.8, 4) is 0 Å². The molecule has 0 bridgehead atoms. The van der Waals surface area contributed by atoms with E-state index in [1.165, 1.54) is 0 Å². The minimum atomic E-state index is -0.631. The predicted molar refractivity (Wildman–Crippen MR) is 62.5 cm³/mol.